The van der Waals surface area contributed by atoms with Crippen molar-refractivity contribution in [3.05, 3.63) is 23.5 Å². The predicted octanol–water partition coefficient (Wildman–Crippen LogP) is 2.28. The monoisotopic (exact) mass is 248 g/mol. The maximum atomic E-state index is 4.63. The molecule has 0 aromatic carbocycles. The van der Waals surface area contributed by atoms with E-state index in [0.29, 0.717) is 0 Å². The van der Waals surface area contributed by atoms with Gasteiger partial charge < -0.3 is 5.32 Å². The Morgan fingerprint density at radius 3 is 3.12 bits per heavy atom. The van der Waals surface area contributed by atoms with Crippen LogP contribution in [0.25, 0.3) is 10.6 Å². The van der Waals surface area contributed by atoms with E-state index in [0.717, 1.165) is 35.4 Å². The van der Waals surface area contributed by atoms with E-state index in [1.54, 1.807) is 11.3 Å². The van der Waals surface area contributed by atoms with Crippen LogP contribution in [0.4, 0.5) is 0 Å². The maximum Gasteiger partial charge on any atom is 0.126 e. The molecule has 5 heteroatoms. The minimum absolute atomic E-state index is 0.739. The molecule has 2 aromatic rings. The minimum atomic E-state index is 0.739. The van der Waals surface area contributed by atoms with Gasteiger partial charge in [-0.3, -0.25) is 4.68 Å². The third-order valence-corrected chi connectivity index (χ3v) is 3.85. The molecule has 0 aliphatic heterocycles. The van der Waals surface area contributed by atoms with Gasteiger partial charge in [0.05, 0.1) is 11.9 Å². The molecule has 0 bridgehead atoms. The zero-order valence-electron chi connectivity index (χ0n) is 9.89. The van der Waals surface area contributed by atoms with E-state index in [-0.39, 0.29) is 0 Å². The van der Waals surface area contributed by atoms with E-state index in [1.165, 1.54) is 12.8 Å². The van der Waals surface area contributed by atoms with E-state index >= 15 is 0 Å². The summed E-state index contributed by atoms with van der Waals surface area (Å²) in [4.78, 5) is 4.63. The van der Waals surface area contributed by atoms with Gasteiger partial charge in [-0.05, 0) is 19.8 Å². The number of hydrogen-bond acceptors (Lipinski definition) is 4. The van der Waals surface area contributed by atoms with Crippen LogP contribution in [0.15, 0.2) is 17.8 Å². The summed E-state index contributed by atoms with van der Waals surface area (Å²) >= 11 is 1.69. The molecule has 17 heavy (non-hydrogen) atoms. The van der Waals surface area contributed by atoms with Crippen molar-refractivity contribution in [2.75, 3.05) is 0 Å². The minimum Gasteiger partial charge on any atom is -0.308 e. The Morgan fingerprint density at radius 1 is 1.53 bits per heavy atom. The standard InChI is InChI=1S/C12H16N4S/c1-2-16-7-9(5-14-16)12-15-11(8-17-12)6-13-10-3-4-10/h5,7-8,10,13H,2-4,6H2,1H3. The number of hydrogen-bond donors (Lipinski definition) is 1. The molecule has 90 valence electrons. The van der Waals surface area contributed by atoms with Gasteiger partial charge in [-0.25, -0.2) is 4.98 Å². The van der Waals surface area contributed by atoms with E-state index in [2.05, 4.69) is 33.9 Å². The van der Waals surface area contributed by atoms with E-state index in [4.69, 9.17) is 0 Å². The predicted molar refractivity (Wildman–Crippen MR) is 68.9 cm³/mol. The van der Waals surface area contributed by atoms with E-state index < -0.39 is 0 Å². The molecule has 1 saturated carbocycles. The van der Waals surface area contributed by atoms with Gasteiger partial charge in [-0.15, -0.1) is 11.3 Å². The first-order valence-corrected chi connectivity index (χ1v) is 6.93. The molecule has 0 amide bonds. The zero-order chi connectivity index (χ0) is 11.7. The highest BCUT2D eigenvalue weighted by molar-refractivity contribution is 7.13. The van der Waals surface area contributed by atoms with E-state index in [1.807, 2.05) is 10.9 Å². The third kappa shape index (κ3) is 2.56. The van der Waals surface area contributed by atoms with Crippen molar-refractivity contribution in [1.82, 2.24) is 20.1 Å². The SMILES string of the molecule is CCn1cc(-c2nc(CNC3CC3)cs2)cn1. The fourth-order valence-corrected chi connectivity index (χ4v) is 2.50. The Hall–Kier alpha value is -1.20. The van der Waals surface area contributed by atoms with Gasteiger partial charge in [0.2, 0.25) is 0 Å². The first-order chi connectivity index (χ1) is 8.35. The second-order valence-electron chi connectivity index (χ2n) is 4.38. The average Bonchev–Trinajstić information content (AvgIpc) is 2.89. The van der Waals surface area contributed by atoms with Crippen molar-refractivity contribution < 1.29 is 0 Å². The lowest BCUT2D eigenvalue weighted by Crippen LogP contribution is -2.15. The van der Waals surface area contributed by atoms with Gasteiger partial charge in [0, 0.05) is 36.3 Å². The molecule has 1 fully saturated rings. The number of nitrogens with one attached hydrogen (secondary N) is 1. The van der Waals surface area contributed by atoms with Crippen molar-refractivity contribution in [1.29, 1.82) is 0 Å². The highest BCUT2D eigenvalue weighted by Gasteiger charge is 2.20. The molecule has 1 aliphatic carbocycles. The molecule has 0 unspecified atom stereocenters. The fourth-order valence-electron chi connectivity index (χ4n) is 1.70. The summed E-state index contributed by atoms with van der Waals surface area (Å²) in [5.74, 6) is 0. The molecule has 3 rings (SSSR count). The van der Waals surface area contributed by atoms with Crippen LogP contribution in [0.3, 0.4) is 0 Å². The first-order valence-electron chi connectivity index (χ1n) is 6.06. The molecule has 1 N–H and O–H groups in total. The molecule has 0 radical (unpaired) electrons. The van der Waals surface area contributed by atoms with Crippen LogP contribution in [0.5, 0.6) is 0 Å². The molecule has 0 saturated heterocycles. The van der Waals surface area contributed by atoms with Crippen LogP contribution in [0.2, 0.25) is 0 Å². The summed E-state index contributed by atoms with van der Waals surface area (Å²) in [7, 11) is 0. The second-order valence-corrected chi connectivity index (χ2v) is 5.24. The normalized spacial score (nSPS) is 15.4. The Balaban J connectivity index is 1.69. The van der Waals surface area contributed by atoms with Gasteiger partial charge in [-0.1, -0.05) is 0 Å². The van der Waals surface area contributed by atoms with Gasteiger partial charge in [0.1, 0.15) is 5.01 Å². The molecular formula is C12H16N4S. The fraction of sp³-hybridized carbons (Fsp3) is 0.500. The smallest absolute Gasteiger partial charge is 0.126 e. The van der Waals surface area contributed by atoms with Gasteiger partial charge >= 0.3 is 0 Å². The second kappa shape index (κ2) is 4.58. The Bertz CT molecular complexity index is 498. The van der Waals surface area contributed by atoms with Crippen LogP contribution in [0, 0.1) is 0 Å². The highest BCUT2D eigenvalue weighted by Crippen LogP contribution is 2.24. The number of thiazole rings is 1. The largest absolute Gasteiger partial charge is 0.308 e. The number of rotatable bonds is 5. The maximum absolute atomic E-state index is 4.63. The molecule has 0 spiro atoms. The van der Waals surface area contributed by atoms with Crippen LogP contribution in [-0.2, 0) is 13.1 Å². The number of nitrogens with zero attached hydrogens (tertiary/aromatic N) is 3. The Morgan fingerprint density at radius 2 is 2.41 bits per heavy atom. The average molecular weight is 248 g/mol. The van der Waals surface area contributed by atoms with Crippen LogP contribution in [-0.4, -0.2) is 20.8 Å². The third-order valence-electron chi connectivity index (χ3n) is 2.91. The molecule has 0 atom stereocenters. The lowest BCUT2D eigenvalue weighted by atomic mass is 10.4. The summed E-state index contributed by atoms with van der Waals surface area (Å²) in [6.45, 7) is 3.88. The van der Waals surface area contributed by atoms with E-state index in [9.17, 15) is 0 Å². The summed E-state index contributed by atoms with van der Waals surface area (Å²) in [5, 5.41) is 10.9. The van der Waals surface area contributed by atoms with Crippen molar-refractivity contribution >= 4 is 11.3 Å². The topological polar surface area (TPSA) is 42.7 Å². The van der Waals surface area contributed by atoms with Gasteiger partial charge in [0.25, 0.3) is 0 Å². The summed E-state index contributed by atoms with van der Waals surface area (Å²) in [6, 6.07) is 0.739. The van der Waals surface area contributed by atoms with Crippen molar-refractivity contribution in [2.45, 2.75) is 38.9 Å². The first kappa shape index (κ1) is 10.9. The highest BCUT2D eigenvalue weighted by atomic mass is 32.1. The van der Waals surface area contributed by atoms with Crippen molar-refractivity contribution in [3.8, 4) is 10.6 Å². The molecule has 4 nitrogen and oxygen atoms in total. The van der Waals surface area contributed by atoms with Crippen LogP contribution in [0.1, 0.15) is 25.5 Å². The Kier molecular flexibility index (Phi) is 2.94. The lowest BCUT2D eigenvalue weighted by molar-refractivity contribution is 0.660. The Labute approximate surface area is 105 Å². The molecule has 2 aromatic heterocycles. The summed E-state index contributed by atoms with van der Waals surface area (Å²) in [5.41, 5.74) is 2.26. The number of aromatic nitrogens is 3. The van der Waals surface area contributed by atoms with Crippen molar-refractivity contribution in [2.24, 2.45) is 0 Å². The molecular weight excluding hydrogens is 232 g/mol. The van der Waals surface area contributed by atoms with Gasteiger partial charge in [-0.2, -0.15) is 5.10 Å². The summed E-state index contributed by atoms with van der Waals surface area (Å²) < 4.78 is 1.93. The van der Waals surface area contributed by atoms with Crippen LogP contribution < -0.4 is 5.32 Å². The lowest BCUT2D eigenvalue weighted by Gasteiger charge is -1.97. The summed E-state index contributed by atoms with van der Waals surface area (Å²) in [6.07, 6.45) is 6.58. The quantitative estimate of drug-likeness (QED) is 0.882. The van der Waals surface area contributed by atoms with Gasteiger partial charge in [0.15, 0.2) is 0 Å². The zero-order valence-corrected chi connectivity index (χ0v) is 10.7. The molecule has 1 aliphatic rings. The molecule has 2 heterocycles. The number of aryl methyl sites for hydroxylation is 1. The van der Waals surface area contributed by atoms with Crippen LogP contribution >= 0.6 is 11.3 Å². The van der Waals surface area contributed by atoms with Crippen molar-refractivity contribution in [3.63, 3.8) is 0 Å².